The molecule has 0 aliphatic heterocycles. The van der Waals surface area contributed by atoms with Crippen LogP contribution in [0.15, 0.2) is 41.8 Å². The van der Waals surface area contributed by atoms with Gasteiger partial charge in [-0.05, 0) is 47.9 Å². The lowest BCUT2D eigenvalue weighted by molar-refractivity contribution is -0.858. The maximum atomic E-state index is 13.0. The lowest BCUT2D eigenvalue weighted by Gasteiger charge is -2.25. The van der Waals surface area contributed by atoms with Crippen molar-refractivity contribution in [2.24, 2.45) is 0 Å². The molecule has 124 valence electrons. The molecule has 23 heavy (non-hydrogen) atoms. The SMILES string of the molecule is C[NH+](C)CCCN(Cc1cccs1)C(=S)Nc1ccc(F)cc1. The topological polar surface area (TPSA) is 19.7 Å². The highest BCUT2D eigenvalue weighted by Gasteiger charge is 2.12. The van der Waals surface area contributed by atoms with Crippen LogP contribution in [0.1, 0.15) is 11.3 Å². The Morgan fingerprint density at radius 2 is 2.00 bits per heavy atom. The van der Waals surface area contributed by atoms with Gasteiger partial charge >= 0.3 is 0 Å². The number of hydrogen-bond acceptors (Lipinski definition) is 2. The van der Waals surface area contributed by atoms with Crippen LogP contribution < -0.4 is 10.2 Å². The summed E-state index contributed by atoms with van der Waals surface area (Å²) in [7, 11) is 4.30. The average molecular weight is 353 g/mol. The Balaban J connectivity index is 1.98. The maximum absolute atomic E-state index is 13.0. The van der Waals surface area contributed by atoms with Crippen LogP contribution in [0.25, 0.3) is 0 Å². The summed E-state index contributed by atoms with van der Waals surface area (Å²) in [6.45, 7) is 2.80. The molecule has 0 fully saturated rings. The van der Waals surface area contributed by atoms with E-state index >= 15 is 0 Å². The quantitative estimate of drug-likeness (QED) is 0.748. The molecular weight excluding hydrogens is 329 g/mol. The van der Waals surface area contributed by atoms with Gasteiger partial charge < -0.3 is 15.1 Å². The first-order valence-electron chi connectivity index (χ1n) is 7.67. The molecule has 0 aliphatic carbocycles. The molecule has 0 bridgehead atoms. The van der Waals surface area contributed by atoms with Crippen LogP contribution in [-0.2, 0) is 6.54 Å². The fraction of sp³-hybridized carbons (Fsp3) is 0.353. The summed E-state index contributed by atoms with van der Waals surface area (Å²) in [6, 6.07) is 10.5. The minimum Gasteiger partial charge on any atom is -0.344 e. The Morgan fingerprint density at radius 3 is 2.61 bits per heavy atom. The molecule has 6 heteroatoms. The molecule has 0 radical (unpaired) electrons. The standard InChI is InChI=1S/C17H22FN3S2/c1-20(2)10-4-11-21(13-16-5-3-12-23-16)17(22)19-15-8-6-14(18)7-9-15/h3,5-9,12H,4,10-11,13H2,1-2H3,(H,19,22)/p+1. The molecule has 1 aromatic heterocycles. The molecule has 3 nitrogen and oxygen atoms in total. The third-order valence-electron chi connectivity index (χ3n) is 3.41. The second kappa shape index (κ2) is 8.96. The zero-order valence-corrected chi connectivity index (χ0v) is 15.1. The van der Waals surface area contributed by atoms with Crippen LogP contribution in [0.3, 0.4) is 0 Å². The van der Waals surface area contributed by atoms with Crippen LogP contribution in [0.5, 0.6) is 0 Å². The monoisotopic (exact) mass is 352 g/mol. The molecule has 2 N–H and O–H groups in total. The number of nitrogens with one attached hydrogen (secondary N) is 2. The summed E-state index contributed by atoms with van der Waals surface area (Å²) in [5, 5.41) is 5.97. The highest BCUT2D eigenvalue weighted by molar-refractivity contribution is 7.80. The molecule has 1 heterocycles. The van der Waals surface area contributed by atoms with E-state index in [0.29, 0.717) is 5.11 Å². The van der Waals surface area contributed by atoms with Crippen LogP contribution in [-0.4, -0.2) is 37.2 Å². The molecule has 0 amide bonds. The molecule has 0 atom stereocenters. The van der Waals surface area contributed by atoms with Crippen LogP contribution in [0.2, 0.25) is 0 Å². The van der Waals surface area contributed by atoms with Gasteiger partial charge in [-0.15, -0.1) is 11.3 Å². The minimum absolute atomic E-state index is 0.245. The summed E-state index contributed by atoms with van der Waals surface area (Å²) >= 11 is 7.29. The lowest BCUT2D eigenvalue weighted by Crippen LogP contribution is -3.05. The molecule has 0 aliphatic rings. The summed E-state index contributed by atoms with van der Waals surface area (Å²) in [5.41, 5.74) is 0.811. The molecule has 0 saturated carbocycles. The Bertz CT molecular complexity index is 597. The van der Waals surface area contributed by atoms with E-state index in [-0.39, 0.29) is 5.82 Å². The van der Waals surface area contributed by atoms with Crippen molar-refractivity contribution in [3.05, 3.63) is 52.5 Å². The van der Waals surface area contributed by atoms with Crippen molar-refractivity contribution in [3.8, 4) is 0 Å². The van der Waals surface area contributed by atoms with Gasteiger partial charge in [0.15, 0.2) is 5.11 Å². The molecule has 2 aromatic rings. The summed E-state index contributed by atoms with van der Waals surface area (Å²) < 4.78 is 13.0. The van der Waals surface area contributed by atoms with E-state index in [4.69, 9.17) is 12.2 Å². The zero-order chi connectivity index (χ0) is 16.7. The molecule has 2 rings (SSSR count). The summed E-state index contributed by atoms with van der Waals surface area (Å²) in [4.78, 5) is 4.89. The number of nitrogens with zero attached hydrogens (tertiary/aromatic N) is 1. The molecule has 0 unspecified atom stereocenters. The average Bonchev–Trinajstić information content (AvgIpc) is 3.01. The molecule has 1 aromatic carbocycles. The predicted molar refractivity (Wildman–Crippen MR) is 99.6 cm³/mol. The van der Waals surface area contributed by atoms with Crippen molar-refractivity contribution in [1.82, 2.24) is 4.90 Å². The van der Waals surface area contributed by atoms with Crippen LogP contribution >= 0.6 is 23.6 Å². The second-order valence-corrected chi connectivity index (χ2v) is 7.17. The first kappa shape index (κ1) is 17.8. The summed E-state index contributed by atoms with van der Waals surface area (Å²) in [5.74, 6) is -0.245. The smallest absolute Gasteiger partial charge is 0.173 e. The summed E-state index contributed by atoms with van der Waals surface area (Å²) in [6.07, 6.45) is 1.07. The van der Waals surface area contributed by atoms with Crippen molar-refractivity contribution in [1.29, 1.82) is 0 Å². The highest BCUT2D eigenvalue weighted by Crippen LogP contribution is 2.15. The minimum atomic E-state index is -0.245. The number of thiophene rings is 1. The zero-order valence-electron chi connectivity index (χ0n) is 13.5. The van der Waals surface area contributed by atoms with Crippen molar-refractivity contribution in [2.45, 2.75) is 13.0 Å². The molecular formula is C17H23FN3S2+. The lowest BCUT2D eigenvalue weighted by atomic mass is 10.3. The van der Waals surface area contributed by atoms with Crippen molar-refractivity contribution >= 4 is 34.4 Å². The Morgan fingerprint density at radius 1 is 1.26 bits per heavy atom. The van der Waals surface area contributed by atoms with E-state index in [0.717, 1.165) is 31.7 Å². The third kappa shape index (κ3) is 6.25. The number of anilines is 1. The Kier molecular flexibility index (Phi) is 6.95. The van der Waals surface area contributed by atoms with Crippen LogP contribution in [0, 0.1) is 5.82 Å². The van der Waals surface area contributed by atoms with E-state index < -0.39 is 0 Å². The van der Waals surface area contributed by atoms with E-state index in [2.05, 4.69) is 41.8 Å². The van der Waals surface area contributed by atoms with Gasteiger partial charge in [0.2, 0.25) is 0 Å². The van der Waals surface area contributed by atoms with Gasteiger partial charge in [-0.3, -0.25) is 0 Å². The fourth-order valence-electron chi connectivity index (χ4n) is 2.20. The van der Waals surface area contributed by atoms with Gasteiger partial charge in [0.05, 0.1) is 27.2 Å². The second-order valence-electron chi connectivity index (χ2n) is 5.75. The van der Waals surface area contributed by atoms with E-state index in [1.807, 2.05) is 0 Å². The fourth-order valence-corrected chi connectivity index (χ4v) is 3.20. The first-order chi connectivity index (χ1) is 11.0. The Labute approximate surface area is 146 Å². The normalized spacial score (nSPS) is 10.8. The number of rotatable bonds is 7. The number of thiocarbonyl (C=S) groups is 1. The van der Waals surface area contributed by atoms with Gasteiger partial charge in [0.25, 0.3) is 0 Å². The van der Waals surface area contributed by atoms with Crippen molar-refractivity contribution in [2.75, 3.05) is 32.5 Å². The highest BCUT2D eigenvalue weighted by atomic mass is 32.1. The van der Waals surface area contributed by atoms with Gasteiger partial charge in [-0.2, -0.15) is 0 Å². The number of benzene rings is 1. The predicted octanol–water partition coefficient (Wildman–Crippen LogP) is 2.62. The first-order valence-corrected chi connectivity index (χ1v) is 8.96. The van der Waals surface area contributed by atoms with Gasteiger partial charge in [0.1, 0.15) is 5.82 Å². The number of hydrogen-bond donors (Lipinski definition) is 2. The van der Waals surface area contributed by atoms with Crippen LogP contribution in [0.4, 0.5) is 10.1 Å². The third-order valence-corrected chi connectivity index (χ3v) is 4.64. The van der Waals surface area contributed by atoms with Gasteiger partial charge in [0, 0.05) is 23.5 Å². The molecule has 0 saturated heterocycles. The Hall–Kier alpha value is -1.50. The van der Waals surface area contributed by atoms with Gasteiger partial charge in [-0.25, -0.2) is 4.39 Å². The van der Waals surface area contributed by atoms with Gasteiger partial charge in [-0.1, -0.05) is 6.07 Å². The number of quaternary nitrogens is 1. The van der Waals surface area contributed by atoms with Crippen molar-refractivity contribution < 1.29 is 9.29 Å². The van der Waals surface area contributed by atoms with E-state index in [9.17, 15) is 4.39 Å². The van der Waals surface area contributed by atoms with E-state index in [1.54, 1.807) is 23.5 Å². The van der Waals surface area contributed by atoms with Crippen molar-refractivity contribution in [3.63, 3.8) is 0 Å². The molecule has 0 spiro atoms. The maximum Gasteiger partial charge on any atom is 0.173 e. The van der Waals surface area contributed by atoms with E-state index in [1.165, 1.54) is 21.9 Å². The number of halogens is 1. The largest absolute Gasteiger partial charge is 0.344 e.